The highest BCUT2D eigenvalue weighted by Crippen LogP contribution is 2.40. The highest BCUT2D eigenvalue weighted by Gasteiger charge is 2.36. The molecule has 1 aliphatic heterocycles. The van der Waals surface area contributed by atoms with E-state index in [2.05, 4.69) is 71.3 Å². The molecule has 184 valence electrons. The summed E-state index contributed by atoms with van der Waals surface area (Å²) in [5.74, 6) is -0.393. The van der Waals surface area contributed by atoms with Gasteiger partial charge in [-0.2, -0.15) is 0 Å². The van der Waals surface area contributed by atoms with E-state index in [0.717, 1.165) is 51.0 Å². The average Bonchev–Trinajstić information content (AvgIpc) is 3.34. The molecule has 0 spiro atoms. The van der Waals surface area contributed by atoms with Gasteiger partial charge in [0.15, 0.2) is 5.82 Å². The zero-order valence-corrected chi connectivity index (χ0v) is 21.7. The van der Waals surface area contributed by atoms with Crippen LogP contribution in [0.1, 0.15) is 51.7 Å². The second kappa shape index (κ2) is 9.31. The van der Waals surface area contributed by atoms with Crippen LogP contribution in [0.3, 0.4) is 0 Å². The van der Waals surface area contributed by atoms with Crippen LogP contribution in [0.15, 0.2) is 53.8 Å². The van der Waals surface area contributed by atoms with E-state index < -0.39 is 17.9 Å². The molecule has 0 fully saturated rings. The van der Waals surface area contributed by atoms with Gasteiger partial charge in [-0.1, -0.05) is 18.2 Å². The lowest BCUT2D eigenvalue weighted by Crippen LogP contribution is -2.21. The topological polar surface area (TPSA) is 96.5 Å². The number of aryl methyl sites for hydroxylation is 2. The number of rotatable bonds is 6. The Morgan fingerprint density at radius 2 is 1.92 bits per heavy atom. The van der Waals surface area contributed by atoms with Gasteiger partial charge in [0.05, 0.1) is 11.6 Å². The van der Waals surface area contributed by atoms with E-state index in [1.807, 2.05) is 23.8 Å². The molecule has 0 radical (unpaired) electrons. The summed E-state index contributed by atoms with van der Waals surface area (Å²) in [5, 5.41) is 19.5. The molecule has 36 heavy (non-hydrogen) atoms. The normalized spacial score (nSPS) is 15.5. The summed E-state index contributed by atoms with van der Waals surface area (Å²) in [6.07, 6.45) is 3.65. The van der Waals surface area contributed by atoms with Crippen LogP contribution in [0.4, 0.5) is 5.69 Å². The molecule has 0 saturated carbocycles. The fourth-order valence-corrected chi connectivity index (χ4v) is 5.76. The van der Waals surface area contributed by atoms with Crippen molar-refractivity contribution in [3.05, 3.63) is 87.6 Å². The minimum atomic E-state index is -0.916. The lowest BCUT2D eigenvalue weighted by molar-refractivity contribution is -0.141. The Bertz CT molecular complexity index is 1460. The van der Waals surface area contributed by atoms with Crippen molar-refractivity contribution < 1.29 is 9.90 Å². The number of aliphatic imine (C=N–C) groups is 1. The highest BCUT2D eigenvalue weighted by molar-refractivity contribution is 7.15. The summed E-state index contributed by atoms with van der Waals surface area (Å²) in [6.45, 7) is 8.50. The maximum Gasteiger partial charge on any atom is 0.308 e. The van der Waals surface area contributed by atoms with Gasteiger partial charge in [-0.15, -0.1) is 21.5 Å². The SMILES string of the molecule is Cc1sc2c(c1C)C(c1ccc(N(C)Cc3cccnc3)cc1)=N[C@@H](C(C)C(=O)O)c1nnc(C)n1-2. The second-order valence-corrected chi connectivity index (χ2v) is 10.4. The summed E-state index contributed by atoms with van der Waals surface area (Å²) in [6, 6.07) is 11.6. The molecule has 0 amide bonds. The van der Waals surface area contributed by atoms with E-state index in [0.29, 0.717) is 5.82 Å². The van der Waals surface area contributed by atoms with Gasteiger partial charge in [0.25, 0.3) is 0 Å². The van der Waals surface area contributed by atoms with E-state index in [9.17, 15) is 9.90 Å². The maximum atomic E-state index is 12.0. The molecule has 4 heterocycles. The fraction of sp³-hybridized carbons (Fsp3) is 0.296. The Morgan fingerprint density at radius 3 is 2.58 bits per heavy atom. The first-order valence-corrected chi connectivity index (χ1v) is 12.6. The Labute approximate surface area is 214 Å². The molecule has 0 bridgehead atoms. The molecule has 0 saturated heterocycles. The molecule has 9 heteroatoms. The third-order valence-electron chi connectivity index (χ3n) is 6.78. The molecule has 1 aromatic carbocycles. The molecule has 1 aliphatic rings. The first-order chi connectivity index (χ1) is 17.3. The molecule has 2 atom stereocenters. The zero-order valence-electron chi connectivity index (χ0n) is 20.9. The van der Waals surface area contributed by atoms with Crippen LogP contribution >= 0.6 is 11.3 Å². The lowest BCUT2D eigenvalue weighted by Gasteiger charge is -2.20. The van der Waals surface area contributed by atoms with E-state index in [1.165, 1.54) is 4.88 Å². The Hall–Kier alpha value is -3.85. The number of hydrogen-bond acceptors (Lipinski definition) is 7. The minimum absolute atomic E-state index is 0.563. The number of anilines is 1. The lowest BCUT2D eigenvalue weighted by atomic mass is 9.98. The highest BCUT2D eigenvalue weighted by atomic mass is 32.1. The van der Waals surface area contributed by atoms with E-state index in [4.69, 9.17) is 4.99 Å². The third-order valence-corrected chi connectivity index (χ3v) is 7.97. The van der Waals surface area contributed by atoms with Crippen LogP contribution < -0.4 is 4.90 Å². The van der Waals surface area contributed by atoms with Crippen molar-refractivity contribution in [2.24, 2.45) is 10.9 Å². The number of benzene rings is 1. The van der Waals surface area contributed by atoms with Gasteiger partial charge >= 0.3 is 5.97 Å². The van der Waals surface area contributed by atoms with Gasteiger partial charge in [-0.3, -0.25) is 19.3 Å². The van der Waals surface area contributed by atoms with Crippen LogP contribution in [-0.2, 0) is 11.3 Å². The van der Waals surface area contributed by atoms with Crippen molar-refractivity contribution in [2.75, 3.05) is 11.9 Å². The van der Waals surface area contributed by atoms with Crippen molar-refractivity contribution >= 4 is 28.7 Å². The molecule has 0 aliphatic carbocycles. The Morgan fingerprint density at radius 1 is 1.17 bits per heavy atom. The summed E-state index contributed by atoms with van der Waals surface area (Å²) in [4.78, 5) is 24.7. The van der Waals surface area contributed by atoms with Crippen molar-refractivity contribution in [1.29, 1.82) is 0 Å². The maximum absolute atomic E-state index is 12.0. The summed E-state index contributed by atoms with van der Waals surface area (Å²) in [5.41, 5.74) is 6.08. The van der Waals surface area contributed by atoms with Gasteiger partial charge in [-0.25, -0.2) is 0 Å². The smallest absolute Gasteiger partial charge is 0.308 e. The predicted molar refractivity (Wildman–Crippen MR) is 141 cm³/mol. The predicted octanol–water partition coefficient (Wildman–Crippen LogP) is 4.90. The standard InChI is InChI=1S/C27H28N6O2S/c1-15-17(3)36-26-22(15)24(29-23(16(2)27(34)35)25-31-30-18(4)33(25)26)20-8-10-21(11-9-20)32(5)14-19-7-6-12-28-13-19/h6-13,16,23H,14H2,1-5H3,(H,34,35)/t16?,23-/m0/s1. The molecule has 4 aromatic rings. The summed E-state index contributed by atoms with van der Waals surface area (Å²) in [7, 11) is 2.05. The average molecular weight is 501 g/mol. The van der Waals surface area contributed by atoms with Gasteiger partial charge < -0.3 is 10.0 Å². The number of pyridine rings is 1. The third kappa shape index (κ3) is 4.09. The number of hydrogen-bond donors (Lipinski definition) is 1. The number of thiophene rings is 1. The first kappa shape index (κ1) is 23.9. The molecule has 1 unspecified atom stereocenters. The largest absolute Gasteiger partial charge is 0.481 e. The zero-order chi connectivity index (χ0) is 25.6. The molecule has 3 aromatic heterocycles. The number of nitrogens with zero attached hydrogens (tertiary/aromatic N) is 6. The van der Waals surface area contributed by atoms with Gasteiger partial charge in [0.2, 0.25) is 0 Å². The Balaban J connectivity index is 1.60. The van der Waals surface area contributed by atoms with E-state index in [-0.39, 0.29) is 0 Å². The van der Waals surface area contributed by atoms with Gasteiger partial charge in [0.1, 0.15) is 16.9 Å². The monoisotopic (exact) mass is 500 g/mol. The fourth-order valence-electron chi connectivity index (χ4n) is 4.55. The number of aromatic nitrogens is 4. The van der Waals surface area contributed by atoms with Crippen LogP contribution in [-0.4, -0.2) is 43.6 Å². The number of aliphatic carboxylic acids is 1. The van der Waals surface area contributed by atoms with E-state index >= 15 is 0 Å². The molecular weight excluding hydrogens is 472 g/mol. The van der Waals surface area contributed by atoms with Crippen LogP contribution in [0, 0.1) is 26.7 Å². The Kier molecular flexibility index (Phi) is 6.17. The van der Waals surface area contributed by atoms with Crippen molar-refractivity contribution in [3.63, 3.8) is 0 Å². The summed E-state index contributed by atoms with van der Waals surface area (Å²) < 4.78 is 1.98. The summed E-state index contributed by atoms with van der Waals surface area (Å²) >= 11 is 1.66. The number of carboxylic acids is 1. The van der Waals surface area contributed by atoms with Gasteiger partial charge in [0, 0.05) is 47.7 Å². The van der Waals surface area contributed by atoms with Gasteiger partial charge in [-0.05, 0) is 57.0 Å². The van der Waals surface area contributed by atoms with Crippen LogP contribution in [0.25, 0.3) is 5.00 Å². The van der Waals surface area contributed by atoms with E-state index in [1.54, 1.807) is 24.5 Å². The van der Waals surface area contributed by atoms with Crippen molar-refractivity contribution in [3.8, 4) is 5.00 Å². The molecule has 1 N–H and O–H groups in total. The minimum Gasteiger partial charge on any atom is -0.481 e. The number of carboxylic acid groups (broad SMARTS) is 1. The number of carbonyl (C=O) groups is 1. The van der Waals surface area contributed by atoms with Crippen molar-refractivity contribution in [2.45, 2.75) is 40.3 Å². The quantitative estimate of drug-likeness (QED) is 0.405. The molecular formula is C27H28N6O2S. The van der Waals surface area contributed by atoms with Crippen molar-refractivity contribution in [1.82, 2.24) is 19.7 Å². The van der Waals surface area contributed by atoms with Crippen LogP contribution in [0.2, 0.25) is 0 Å². The first-order valence-electron chi connectivity index (χ1n) is 11.8. The molecule has 5 rings (SSSR count). The van der Waals surface area contributed by atoms with Crippen LogP contribution in [0.5, 0.6) is 0 Å². The number of fused-ring (bicyclic) bond motifs is 3. The molecule has 8 nitrogen and oxygen atoms in total. The second-order valence-electron chi connectivity index (χ2n) is 9.22.